The maximum Gasteiger partial charge on any atom is 0.283 e. The van der Waals surface area contributed by atoms with E-state index in [1.165, 1.54) is 5.56 Å². The number of imidazole rings is 1. The zero-order chi connectivity index (χ0) is 18.6. The van der Waals surface area contributed by atoms with Crippen molar-refractivity contribution in [2.24, 2.45) is 0 Å². The molecule has 0 spiro atoms. The third-order valence-corrected chi connectivity index (χ3v) is 7.43. The highest BCUT2D eigenvalue weighted by molar-refractivity contribution is 7.92. The lowest BCUT2D eigenvalue weighted by Crippen LogP contribution is -2.47. The molecule has 1 saturated heterocycles. The molecule has 0 N–H and O–H groups in total. The van der Waals surface area contributed by atoms with Crippen LogP contribution in [-0.4, -0.2) is 49.0 Å². The van der Waals surface area contributed by atoms with E-state index in [-0.39, 0.29) is 17.0 Å². The fraction of sp³-hybridized carbons (Fsp3) is 0.526. The Labute approximate surface area is 155 Å². The average molecular weight is 375 g/mol. The zero-order valence-electron chi connectivity index (χ0n) is 15.8. The van der Waals surface area contributed by atoms with Crippen LogP contribution >= 0.6 is 0 Å². The standard InChI is InChI=1S/C19H26N4O2S/c1-5-22-12-19(20-14(22)3)26(24,25)23-17-7-6-13(2)10-15(17)16-11-21(4)9-8-18(16)23/h6-7,10,12,16,18H,5,8-9,11H2,1-4H3/t16-,18-/m1/s1. The van der Waals surface area contributed by atoms with Gasteiger partial charge in [-0.2, -0.15) is 8.42 Å². The van der Waals surface area contributed by atoms with E-state index in [1.807, 2.05) is 30.5 Å². The van der Waals surface area contributed by atoms with Crippen LogP contribution in [0.1, 0.15) is 36.2 Å². The predicted octanol–water partition coefficient (Wildman–Crippen LogP) is 2.52. The highest BCUT2D eigenvalue weighted by Crippen LogP contribution is 2.47. The van der Waals surface area contributed by atoms with Gasteiger partial charge in [-0.3, -0.25) is 4.31 Å². The van der Waals surface area contributed by atoms with Gasteiger partial charge in [0, 0.05) is 25.2 Å². The van der Waals surface area contributed by atoms with Crippen LogP contribution < -0.4 is 4.31 Å². The molecule has 6 nitrogen and oxygen atoms in total. The Balaban J connectivity index is 1.84. The number of fused-ring (bicyclic) bond motifs is 3. The molecule has 3 heterocycles. The van der Waals surface area contributed by atoms with Gasteiger partial charge in [0.15, 0.2) is 5.03 Å². The Hall–Kier alpha value is -1.86. The van der Waals surface area contributed by atoms with Crippen molar-refractivity contribution in [2.75, 3.05) is 24.4 Å². The lowest BCUT2D eigenvalue weighted by Gasteiger charge is -2.36. The largest absolute Gasteiger partial charge is 0.334 e. The number of piperidine rings is 1. The Morgan fingerprint density at radius 1 is 1.27 bits per heavy atom. The number of aromatic nitrogens is 2. The molecular formula is C19H26N4O2S. The summed E-state index contributed by atoms with van der Waals surface area (Å²) in [5, 5.41) is 0.156. The van der Waals surface area contributed by atoms with Crippen LogP contribution in [-0.2, 0) is 16.6 Å². The second-order valence-corrected chi connectivity index (χ2v) is 9.26. The molecule has 0 amide bonds. The van der Waals surface area contributed by atoms with E-state index in [2.05, 4.69) is 29.9 Å². The minimum absolute atomic E-state index is 0.0277. The Bertz CT molecular complexity index is 950. The SMILES string of the molecule is CCn1cc(S(=O)(=O)N2c3ccc(C)cc3[C@H]3CN(C)CC[C@H]32)nc1C. The van der Waals surface area contributed by atoms with Crippen LogP contribution in [0.15, 0.2) is 29.4 Å². The van der Waals surface area contributed by atoms with Gasteiger partial charge < -0.3 is 9.47 Å². The maximum atomic E-state index is 13.5. The van der Waals surface area contributed by atoms with Gasteiger partial charge in [-0.15, -0.1) is 0 Å². The van der Waals surface area contributed by atoms with Crippen molar-refractivity contribution in [2.45, 2.75) is 50.7 Å². The summed E-state index contributed by atoms with van der Waals surface area (Å²) in [5.41, 5.74) is 3.14. The van der Waals surface area contributed by atoms with Gasteiger partial charge >= 0.3 is 0 Å². The van der Waals surface area contributed by atoms with Crippen molar-refractivity contribution in [3.8, 4) is 0 Å². The molecule has 0 saturated carbocycles. The normalized spacial score (nSPS) is 23.2. The average Bonchev–Trinajstić information content (AvgIpc) is 3.13. The molecule has 2 aromatic rings. The first kappa shape index (κ1) is 17.5. The molecule has 7 heteroatoms. The van der Waals surface area contributed by atoms with Gasteiger partial charge in [0.2, 0.25) is 0 Å². The van der Waals surface area contributed by atoms with E-state index < -0.39 is 10.0 Å². The fourth-order valence-electron chi connectivity index (χ4n) is 4.37. The Kier molecular flexibility index (Phi) is 4.11. The summed E-state index contributed by atoms with van der Waals surface area (Å²) >= 11 is 0. The van der Waals surface area contributed by atoms with Crippen LogP contribution in [0, 0.1) is 13.8 Å². The molecule has 0 radical (unpaired) electrons. The first-order valence-electron chi connectivity index (χ1n) is 9.20. The van der Waals surface area contributed by atoms with Crippen LogP contribution in [0.5, 0.6) is 0 Å². The molecule has 4 rings (SSSR count). The first-order chi connectivity index (χ1) is 12.3. The maximum absolute atomic E-state index is 13.5. The number of likely N-dealkylation sites (tertiary alicyclic amines) is 1. The lowest BCUT2D eigenvalue weighted by molar-refractivity contribution is 0.237. The van der Waals surface area contributed by atoms with Gasteiger partial charge in [-0.25, -0.2) is 4.98 Å². The summed E-state index contributed by atoms with van der Waals surface area (Å²) in [7, 11) is -1.58. The monoisotopic (exact) mass is 374 g/mol. The molecule has 1 aromatic carbocycles. The van der Waals surface area contributed by atoms with Gasteiger partial charge in [-0.1, -0.05) is 17.7 Å². The van der Waals surface area contributed by atoms with E-state index in [1.54, 1.807) is 10.5 Å². The minimum atomic E-state index is -3.68. The summed E-state index contributed by atoms with van der Waals surface area (Å²) in [6.45, 7) is 8.40. The molecule has 1 fully saturated rings. The molecular weight excluding hydrogens is 348 g/mol. The number of nitrogens with zero attached hydrogens (tertiary/aromatic N) is 4. The van der Waals surface area contributed by atoms with Crippen molar-refractivity contribution < 1.29 is 8.42 Å². The lowest BCUT2D eigenvalue weighted by atomic mass is 9.89. The number of hydrogen-bond donors (Lipinski definition) is 0. The molecule has 140 valence electrons. The number of aryl methyl sites for hydroxylation is 3. The number of benzene rings is 1. The third kappa shape index (κ3) is 2.56. The summed E-state index contributed by atoms with van der Waals surface area (Å²) in [6, 6.07) is 6.08. The van der Waals surface area contributed by atoms with Crippen LogP contribution in [0.2, 0.25) is 0 Å². The predicted molar refractivity (Wildman–Crippen MR) is 102 cm³/mol. The zero-order valence-corrected chi connectivity index (χ0v) is 16.6. The smallest absolute Gasteiger partial charge is 0.283 e. The molecule has 1 aromatic heterocycles. The fourth-order valence-corrected chi connectivity index (χ4v) is 6.11. The summed E-state index contributed by atoms with van der Waals surface area (Å²) < 4.78 is 30.6. The Morgan fingerprint density at radius 3 is 2.73 bits per heavy atom. The third-order valence-electron chi connectivity index (χ3n) is 5.72. The number of likely N-dealkylation sites (N-methyl/N-ethyl adjacent to an activating group) is 1. The second-order valence-electron chi connectivity index (χ2n) is 7.50. The van der Waals surface area contributed by atoms with Crippen molar-refractivity contribution in [1.29, 1.82) is 0 Å². The summed E-state index contributed by atoms with van der Waals surface area (Å²) in [5.74, 6) is 0.946. The Morgan fingerprint density at radius 2 is 2.04 bits per heavy atom. The van der Waals surface area contributed by atoms with Gasteiger partial charge in [0.1, 0.15) is 5.82 Å². The quantitative estimate of drug-likeness (QED) is 0.828. The molecule has 26 heavy (non-hydrogen) atoms. The van der Waals surface area contributed by atoms with Crippen molar-refractivity contribution >= 4 is 15.7 Å². The number of sulfonamides is 1. The van der Waals surface area contributed by atoms with Crippen molar-refractivity contribution in [3.63, 3.8) is 0 Å². The van der Waals surface area contributed by atoms with E-state index in [9.17, 15) is 8.42 Å². The van der Waals surface area contributed by atoms with E-state index in [4.69, 9.17) is 0 Å². The molecule has 2 aliphatic heterocycles. The molecule has 2 atom stereocenters. The van der Waals surface area contributed by atoms with Gasteiger partial charge in [0.25, 0.3) is 10.0 Å². The molecule has 2 aliphatic rings. The highest BCUT2D eigenvalue weighted by atomic mass is 32.2. The summed E-state index contributed by atoms with van der Waals surface area (Å²) in [4.78, 5) is 6.65. The second kappa shape index (κ2) is 6.09. The van der Waals surface area contributed by atoms with Crippen LogP contribution in [0.3, 0.4) is 0 Å². The number of rotatable bonds is 3. The number of hydrogen-bond acceptors (Lipinski definition) is 4. The van der Waals surface area contributed by atoms with Crippen LogP contribution in [0.4, 0.5) is 5.69 Å². The molecule has 0 unspecified atom stereocenters. The van der Waals surface area contributed by atoms with Gasteiger partial charge in [0.05, 0.1) is 11.7 Å². The highest BCUT2D eigenvalue weighted by Gasteiger charge is 2.47. The number of anilines is 1. The van der Waals surface area contributed by atoms with Crippen molar-refractivity contribution in [3.05, 3.63) is 41.3 Å². The molecule has 0 aliphatic carbocycles. The first-order valence-corrected chi connectivity index (χ1v) is 10.6. The minimum Gasteiger partial charge on any atom is -0.334 e. The van der Waals surface area contributed by atoms with E-state index in [0.29, 0.717) is 6.54 Å². The topological polar surface area (TPSA) is 58.4 Å². The summed E-state index contributed by atoms with van der Waals surface area (Å²) in [6.07, 6.45) is 2.50. The van der Waals surface area contributed by atoms with Crippen LogP contribution in [0.25, 0.3) is 0 Å². The van der Waals surface area contributed by atoms with Crippen molar-refractivity contribution in [1.82, 2.24) is 14.5 Å². The van der Waals surface area contributed by atoms with E-state index in [0.717, 1.165) is 36.6 Å². The van der Waals surface area contributed by atoms with E-state index >= 15 is 0 Å². The molecule has 0 bridgehead atoms. The van der Waals surface area contributed by atoms with Gasteiger partial charge in [-0.05, 0) is 52.4 Å².